The molecule has 2 N–H and O–H groups in total. The van der Waals surface area contributed by atoms with Gasteiger partial charge < -0.3 is 19.6 Å². The third-order valence-corrected chi connectivity index (χ3v) is 4.40. The topological polar surface area (TPSA) is 97.0 Å². The Morgan fingerprint density at radius 1 is 1.37 bits per heavy atom. The van der Waals surface area contributed by atoms with E-state index in [0.29, 0.717) is 12.4 Å². The first kappa shape index (κ1) is 21.1. The van der Waals surface area contributed by atoms with E-state index in [1.165, 1.54) is 0 Å². The summed E-state index contributed by atoms with van der Waals surface area (Å²) in [4.78, 5) is 20.9. The van der Waals surface area contributed by atoms with E-state index < -0.39 is 5.97 Å². The molecule has 0 aliphatic carbocycles. The van der Waals surface area contributed by atoms with Gasteiger partial charge in [-0.1, -0.05) is 17.7 Å². The second-order valence-corrected chi connectivity index (χ2v) is 6.91. The van der Waals surface area contributed by atoms with E-state index in [1.807, 2.05) is 45.1 Å². The summed E-state index contributed by atoms with van der Waals surface area (Å²) >= 11 is 0. The van der Waals surface area contributed by atoms with Gasteiger partial charge in [0.15, 0.2) is 22.9 Å². The molecule has 7 nitrogen and oxygen atoms in total. The molecule has 0 amide bonds. The van der Waals surface area contributed by atoms with Crippen LogP contribution in [0.2, 0.25) is 0 Å². The molecule has 30 heavy (non-hydrogen) atoms. The molecule has 0 bridgehead atoms. The number of nitrogens with zero attached hydrogens (tertiary/aromatic N) is 2. The highest BCUT2D eigenvalue weighted by molar-refractivity contribution is 6.21. The summed E-state index contributed by atoms with van der Waals surface area (Å²) in [6, 6.07) is 3.69. The summed E-state index contributed by atoms with van der Waals surface area (Å²) in [5.41, 5.74) is 3.68. The standard InChI is InChI=1S/C23H25N3O4/c1-5-15(10-14(3)4)12-26-22-19(23(28)29-6-2)20(27)18(30-22)11-16-13-25-21-17(16)8-7-9-24-21/h5,7-11,13,26-27H,6,12H2,1-4H3/b15-5+,16-11?. The number of carbonyl (C=O) groups is 1. The van der Waals surface area contributed by atoms with Gasteiger partial charge in [0.25, 0.3) is 0 Å². The molecule has 0 saturated heterocycles. The zero-order chi connectivity index (χ0) is 21.7. The monoisotopic (exact) mass is 407 g/mol. The van der Waals surface area contributed by atoms with Gasteiger partial charge in [-0.2, -0.15) is 0 Å². The minimum atomic E-state index is -0.655. The summed E-state index contributed by atoms with van der Waals surface area (Å²) in [7, 11) is 0. The van der Waals surface area contributed by atoms with Gasteiger partial charge in [0.05, 0.1) is 6.61 Å². The van der Waals surface area contributed by atoms with Crippen LogP contribution in [0, 0.1) is 0 Å². The van der Waals surface area contributed by atoms with Crippen molar-refractivity contribution in [2.24, 2.45) is 4.99 Å². The van der Waals surface area contributed by atoms with Crippen LogP contribution < -0.4 is 5.32 Å². The highest BCUT2D eigenvalue weighted by Crippen LogP contribution is 2.38. The maximum absolute atomic E-state index is 12.5. The number of pyridine rings is 1. The number of furan rings is 1. The van der Waals surface area contributed by atoms with Crippen LogP contribution in [0.15, 0.2) is 51.0 Å². The van der Waals surface area contributed by atoms with Crippen LogP contribution in [0.1, 0.15) is 49.4 Å². The van der Waals surface area contributed by atoms with Gasteiger partial charge in [0.1, 0.15) is 0 Å². The quantitative estimate of drug-likeness (QED) is 0.487. The van der Waals surface area contributed by atoms with Crippen LogP contribution in [0.25, 0.3) is 11.6 Å². The normalized spacial score (nSPS) is 14.0. The van der Waals surface area contributed by atoms with Gasteiger partial charge in [0, 0.05) is 30.1 Å². The number of rotatable bonds is 7. The van der Waals surface area contributed by atoms with Gasteiger partial charge in [0.2, 0.25) is 5.88 Å². The van der Waals surface area contributed by atoms with Crippen molar-refractivity contribution in [3.8, 4) is 5.75 Å². The van der Waals surface area contributed by atoms with Crippen molar-refractivity contribution in [1.82, 2.24) is 4.98 Å². The first-order valence-corrected chi connectivity index (χ1v) is 9.72. The van der Waals surface area contributed by atoms with Gasteiger partial charge in [-0.15, -0.1) is 0 Å². The molecule has 156 valence electrons. The highest BCUT2D eigenvalue weighted by Gasteiger charge is 2.27. The largest absolute Gasteiger partial charge is 0.504 e. The fraction of sp³-hybridized carbons (Fsp3) is 0.261. The lowest BCUT2D eigenvalue weighted by Crippen LogP contribution is -2.10. The predicted molar refractivity (Wildman–Crippen MR) is 118 cm³/mol. The fourth-order valence-corrected chi connectivity index (χ4v) is 3.03. The molecule has 0 atom stereocenters. The van der Waals surface area contributed by atoms with Crippen LogP contribution in [0.4, 0.5) is 11.7 Å². The molecule has 7 heteroatoms. The van der Waals surface area contributed by atoms with Crippen LogP contribution in [-0.4, -0.2) is 35.4 Å². The Balaban J connectivity index is 1.97. The Morgan fingerprint density at radius 3 is 2.87 bits per heavy atom. The summed E-state index contributed by atoms with van der Waals surface area (Å²) in [6.07, 6.45) is 8.93. The molecule has 3 heterocycles. The van der Waals surface area contributed by atoms with Crippen molar-refractivity contribution in [3.05, 3.63) is 58.5 Å². The lowest BCUT2D eigenvalue weighted by atomic mass is 10.1. The molecule has 3 rings (SSSR count). The predicted octanol–water partition coefficient (Wildman–Crippen LogP) is 5.14. The zero-order valence-corrected chi connectivity index (χ0v) is 17.5. The van der Waals surface area contributed by atoms with Crippen LogP contribution in [-0.2, 0) is 4.74 Å². The molecule has 0 unspecified atom stereocenters. The third-order valence-electron chi connectivity index (χ3n) is 4.40. The molecule has 0 radical (unpaired) electrons. The number of allylic oxidation sites excluding steroid dienone is 3. The third kappa shape index (κ3) is 4.51. The van der Waals surface area contributed by atoms with E-state index in [-0.39, 0.29) is 29.6 Å². The number of aromatic hydroxyl groups is 1. The molecule has 0 fully saturated rings. The molecular weight excluding hydrogens is 382 g/mol. The minimum Gasteiger partial charge on any atom is -0.504 e. The van der Waals surface area contributed by atoms with E-state index in [9.17, 15) is 9.90 Å². The number of aromatic nitrogens is 1. The van der Waals surface area contributed by atoms with Crippen LogP contribution in [0.3, 0.4) is 0 Å². The van der Waals surface area contributed by atoms with E-state index in [4.69, 9.17) is 9.15 Å². The Labute approximate surface area is 175 Å². The number of ether oxygens (including phenoxy) is 1. The molecule has 1 aliphatic rings. The van der Waals surface area contributed by atoms with Crippen molar-refractivity contribution in [2.45, 2.75) is 27.7 Å². The van der Waals surface area contributed by atoms with E-state index >= 15 is 0 Å². The molecule has 0 aromatic carbocycles. The van der Waals surface area contributed by atoms with Gasteiger partial charge >= 0.3 is 5.97 Å². The average molecular weight is 407 g/mol. The van der Waals surface area contributed by atoms with Crippen molar-refractivity contribution >= 4 is 35.5 Å². The van der Waals surface area contributed by atoms with Crippen molar-refractivity contribution < 1.29 is 19.1 Å². The fourth-order valence-electron chi connectivity index (χ4n) is 3.03. The summed E-state index contributed by atoms with van der Waals surface area (Å²) in [5, 5.41) is 13.8. The molecule has 0 spiro atoms. The zero-order valence-electron chi connectivity index (χ0n) is 17.5. The number of hydrogen-bond donors (Lipinski definition) is 2. The van der Waals surface area contributed by atoms with Crippen molar-refractivity contribution in [1.29, 1.82) is 0 Å². The molecule has 1 aliphatic heterocycles. The maximum Gasteiger partial charge on any atom is 0.347 e. The Hall–Kier alpha value is -3.61. The van der Waals surface area contributed by atoms with E-state index in [1.54, 1.807) is 25.4 Å². The first-order valence-electron chi connectivity index (χ1n) is 9.72. The number of esters is 1. The number of carbonyl (C=O) groups excluding carboxylic acids is 1. The number of anilines is 1. The molecule has 0 saturated carbocycles. The SMILES string of the molecule is C/C=C(\C=C(C)C)CNc1oc(C=C2C=Nc3ncccc32)c(O)c1C(=O)OCC. The van der Waals surface area contributed by atoms with Gasteiger partial charge in [-0.3, -0.25) is 0 Å². The van der Waals surface area contributed by atoms with Gasteiger partial charge in [-0.25, -0.2) is 14.8 Å². The van der Waals surface area contributed by atoms with Crippen molar-refractivity contribution in [3.63, 3.8) is 0 Å². The molecule has 2 aromatic rings. The number of fused-ring (bicyclic) bond motifs is 1. The Bertz CT molecular complexity index is 1070. The Kier molecular flexibility index (Phi) is 6.51. The second kappa shape index (κ2) is 9.26. The number of aliphatic imine (C=N–C) groups is 1. The molecular formula is C23H25N3O4. The smallest absolute Gasteiger partial charge is 0.347 e. The molecule has 2 aromatic heterocycles. The summed E-state index contributed by atoms with van der Waals surface area (Å²) in [5.74, 6) is -0.0439. The minimum absolute atomic E-state index is 0.0299. The Morgan fingerprint density at radius 2 is 2.17 bits per heavy atom. The van der Waals surface area contributed by atoms with Crippen molar-refractivity contribution in [2.75, 3.05) is 18.5 Å². The maximum atomic E-state index is 12.5. The number of hydrogen-bond acceptors (Lipinski definition) is 7. The van der Waals surface area contributed by atoms with E-state index in [2.05, 4.69) is 15.3 Å². The summed E-state index contributed by atoms with van der Waals surface area (Å²) in [6.45, 7) is 8.26. The van der Waals surface area contributed by atoms with E-state index in [0.717, 1.165) is 22.3 Å². The summed E-state index contributed by atoms with van der Waals surface area (Å²) < 4.78 is 10.9. The lowest BCUT2D eigenvalue weighted by molar-refractivity contribution is 0.0524. The number of nitrogens with one attached hydrogen (secondary N) is 1. The highest BCUT2D eigenvalue weighted by atomic mass is 16.5. The average Bonchev–Trinajstić information content (AvgIpc) is 3.26. The van der Waals surface area contributed by atoms with Gasteiger partial charge in [-0.05, 0) is 51.5 Å². The van der Waals surface area contributed by atoms with Crippen LogP contribution >= 0.6 is 0 Å². The van der Waals surface area contributed by atoms with Crippen LogP contribution in [0.5, 0.6) is 5.75 Å². The lowest BCUT2D eigenvalue weighted by Gasteiger charge is -2.07. The first-order chi connectivity index (χ1) is 14.4. The second-order valence-electron chi connectivity index (χ2n) is 6.91.